The molecule has 2 aromatic carbocycles. The van der Waals surface area contributed by atoms with Crippen LogP contribution < -0.4 is 10.1 Å². The van der Waals surface area contributed by atoms with E-state index < -0.39 is 0 Å². The molecule has 0 atom stereocenters. The zero-order valence-corrected chi connectivity index (χ0v) is 15.8. The third kappa shape index (κ3) is 3.17. The molecule has 0 unspecified atom stereocenters. The Hall–Kier alpha value is -2.46. The summed E-state index contributed by atoms with van der Waals surface area (Å²) < 4.78 is 7.23. The molecular formula is C21H22ClN3O. The number of hydrogen-bond donors (Lipinski definition) is 1. The van der Waals surface area contributed by atoms with Crippen molar-refractivity contribution >= 4 is 17.4 Å². The maximum Gasteiger partial charge on any atom is 0.133 e. The number of nitrogens with one attached hydrogen (secondary N) is 1. The van der Waals surface area contributed by atoms with Crippen LogP contribution in [0, 0.1) is 6.92 Å². The van der Waals surface area contributed by atoms with E-state index in [1.807, 2.05) is 35.9 Å². The van der Waals surface area contributed by atoms with E-state index in [9.17, 15) is 0 Å². The van der Waals surface area contributed by atoms with Crippen molar-refractivity contribution in [2.45, 2.75) is 26.2 Å². The maximum atomic E-state index is 6.32. The minimum atomic E-state index is 0.768. The monoisotopic (exact) mass is 367 g/mol. The second-order valence-corrected chi connectivity index (χ2v) is 7.05. The third-order valence-electron chi connectivity index (χ3n) is 4.94. The average molecular weight is 368 g/mol. The van der Waals surface area contributed by atoms with Crippen LogP contribution in [0.4, 0.5) is 5.82 Å². The first kappa shape index (κ1) is 17.0. The molecule has 134 valence electrons. The molecule has 4 rings (SSSR count). The van der Waals surface area contributed by atoms with Crippen molar-refractivity contribution in [3.8, 4) is 11.4 Å². The lowest BCUT2D eigenvalue weighted by molar-refractivity contribution is 0.414. The highest BCUT2D eigenvalue weighted by Gasteiger charge is 2.22. The number of aromatic nitrogens is 2. The van der Waals surface area contributed by atoms with Crippen LogP contribution in [-0.4, -0.2) is 23.4 Å². The van der Waals surface area contributed by atoms with Gasteiger partial charge in [-0.15, -0.1) is 0 Å². The lowest BCUT2D eigenvalue weighted by Crippen LogP contribution is -2.05. The molecule has 0 radical (unpaired) electrons. The Kier molecular flexibility index (Phi) is 4.60. The lowest BCUT2D eigenvalue weighted by Gasteiger charge is -2.08. The number of ether oxygens (including phenoxy) is 1. The van der Waals surface area contributed by atoms with E-state index in [1.54, 1.807) is 7.11 Å². The highest BCUT2D eigenvalue weighted by molar-refractivity contribution is 6.31. The Morgan fingerprint density at radius 2 is 1.96 bits per heavy atom. The van der Waals surface area contributed by atoms with Gasteiger partial charge in [-0.2, -0.15) is 5.10 Å². The van der Waals surface area contributed by atoms with Gasteiger partial charge in [-0.25, -0.2) is 4.68 Å². The van der Waals surface area contributed by atoms with Crippen LogP contribution in [0.3, 0.4) is 0 Å². The molecule has 0 fully saturated rings. The molecule has 1 aliphatic rings. The van der Waals surface area contributed by atoms with Crippen LogP contribution in [0.15, 0.2) is 42.5 Å². The molecule has 1 N–H and O–H groups in total. The van der Waals surface area contributed by atoms with Gasteiger partial charge in [-0.1, -0.05) is 29.8 Å². The van der Waals surface area contributed by atoms with Gasteiger partial charge in [0.05, 0.1) is 18.5 Å². The van der Waals surface area contributed by atoms with Crippen molar-refractivity contribution in [3.05, 3.63) is 69.9 Å². The highest BCUT2D eigenvalue weighted by atomic mass is 35.5. The molecule has 0 saturated heterocycles. The first-order valence-corrected chi connectivity index (χ1v) is 9.27. The summed E-state index contributed by atoms with van der Waals surface area (Å²) in [5.41, 5.74) is 5.86. The fourth-order valence-electron chi connectivity index (χ4n) is 3.40. The fraction of sp³-hybridized carbons (Fsp3) is 0.286. The normalized spacial score (nSPS) is 12.7. The number of methoxy groups -OCH3 is 1. The molecule has 1 aliphatic heterocycles. The summed E-state index contributed by atoms with van der Waals surface area (Å²) >= 11 is 6.32. The van der Waals surface area contributed by atoms with Crippen LogP contribution in [0.2, 0.25) is 5.02 Å². The van der Waals surface area contributed by atoms with E-state index in [0.29, 0.717) is 0 Å². The van der Waals surface area contributed by atoms with Gasteiger partial charge in [0.1, 0.15) is 11.6 Å². The van der Waals surface area contributed by atoms with Gasteiger partial charge in [0, 0.05) is 17.1 Å². The van der Waals surface area contributed by atoms with Gasteiger partial charge in [0.15, 0.2) is 0 Å². The van der Waals surface area contributed by atoms with E-state index >= 15 is 0 Å². The first-order valence-electron chi connectivity index (χ1n) is 8.90. The number of rotatable bonds is 5. The Balaban J connectivity index is 1.60. The van der Waals surface area contributed by atoms with Gasteiger partial charge >= 0.3 is 0 Å². The summed E-state index contributed by atoms with van der Waals surface area (Å²) in [6.07, 6.45) is 2.90. The van der Waals surface area contributed by atoms with Crippen molar-refractivity contribution in [1.29, 1.82) is 0 Å². The third-order valence-corrected chi connectivity index (χ3v) is 5.35. The van der Waals surface area contributed by atoms with E-state index in [0.717, 1.165) is 59.3 Å². The number of benzene rings is 2. The predicted molar refractivity (Wildman–Crippen MR) is 106 cm³/mol. The Morgan fingerprint density at radius 3 is 2.69 bits per heavy atom. The second kappa shape index (κ2) is 7.04. The summed E-state index contributed by atoms with van der Waals surface area (Å²) in [6.45, 7) is 2.97. The summed E-state index contributed by atoms with van der Waals surface area (Å²) in [4.78, 5) is 0. The molecule has 5 heteroatoms. The zero-order valence-electron chi connectivity index (χ0n) is 15.1. The molecule has 1 aromatic heterocycles. The molecule has 4 nitrogen and oxygen atoms in total. The number of hydrogen-bond acceptors (Lipinski definition) is 3. The summed E-state index contributed by atoms with van der Waals surface area (Å²) in [7, 11) is 1.69. The number of aryl methyl sites for hydroxylation is 3. The molecule has 0 saturated carbocycles. The van der Waals surface area contributed by atoms with Crippen LogP contribution in [0.1, 0.15) is 22.4 Å². The van der Waals surface area contributed by atoms with Crippen LogP contribution in [0.25, 0.3) is 5.69 Å². The number of fused-ring (bicyclic) bond motifs is 1. The van der Waals surface area contributed by atoms with Crippen LogP contribution in [0.5, 0.6) is 5.75 Å². The van der Waals surface area contributed by atoms with Crippen LogP contribution >= 0.6 is 11.6 Å². The zero-order chi connectivity index (χ0) is 18.1. The van der Waals surface area contributed by atoms with Gasteiger partial charge < -0.3 is 10.1 Å². The topological polar surface area (TPSA) is 39.1 Å². The van der Waals surface area contributed by atoms with Gasteiger partial charge in [0.25, 0.3) is 0 Å². The lowest BCUT2D eigenvalue weighted by atomic mass is 10.1. The maximum absolute atomic E-state index is 6.32. The number of halogens is 1. The minimum absolute atomic E-state index is 0.768. The van der Waals surface area contributed by atoms with Gasteiger partial charge in [-0.05, 0) is 61.6 Å². The molecule has 0 spiro atoms. The van der Waals surface area contributed by atoms with Gasteiger partial charge in [0.2, 0.25) is 0 Å². The van der Waals surface area contributed by atoms with E-state index in [1.165, 1.54) is 11.1 Å². The van der Waals surface area contributed by atoms with Crippen molar-refractivity contribution < 1.29 is 4.74 Å². The average Bonchev–Trinajstić information content (AvgIpc) is 3.26. The number of nitrogens with zero attached hydrogens (tertiary/aromatic N) is 2. The second-order valence-electron chi connectivity index (χ2n) is 6.64. The Bertz CT molecular complexity index is 931. The van der Waals surface area contributed by atoms with Crippen molar-refractivity contribution in [2.24, 2.45) is 0 Å². The fourth-order valence-corrected chi connectivity index (χ4v) is 3.58. The summed E-state index contributed by atoms with van der Waals surface area (Å²) in [5.74, 6) is 1.99. The first-order chi connectivity index (χ1) is 12.7. The molecule has 0 bridgehead atoms. The quantitative estimate of drug-likeness (QED) is 0.716. The van der Waals surface area contributed by atoms with Gasteiger partial charge in [-0.3, -0.25) is 0 Å². The molecule has 0 aliphatic carbocycles. The summed E-state index contributed by atoms with van der Waals surface area (Å²) in [6, 6.07) is 14.3. The molecule has 3 aromatic rings. The molecule has 0 amide bonds. The van der Waals surface area contributed by atoms with Crippen molar-refractivity contribution in [2.75, 3.05) is 19.0 Å². The standard InChI is InChI=1S/C21H22ClN3O/c1-14-3-7-16(13-19(14)22)25-21-18(11-12-23-21)20(24-25)10-6-15-4-8-17(26-2)9-5-15/h3-5,7-9,13,23H,6,10-12H2,1-2H3. The molecule has 26 heavy (non-hydrogen) atoms. The van der Waals surface area contributed by atoms with E-state index in [4.69, 9.17) is 21.4 Å². The highest BCUT2D eigenvalue weighted by Crippen LogP contribution is 2.31. The predicted octanol–water partition coefficient (Wildman–Crippen LogP) is 4.60. The molecule has 2 heterocycles. The molecular weight excluding hydrogens is 346 g/mol. The Labute approximate surface area is 158 Å². The van der Waals surface area contributed by atoms with Crippen molar-refractivity contribution in [1.82, 2.24) is 9.78 Å². The van der Waals surface area contributed by atoms with E-state index in [2.05, 4.69) is 23.5 Å². The Morgan fingerprint density at radius 1 is 1.15 bits per heavy atom. The minimum Gasteiger partial charge on any atom is -0.497 e. The van der Waals surface area contributed by atoms with E-state index in [-0.39, 0.29) is 0 Å². The number of anilines is 1. The largest absolute Gasteiger partial charge is 0.497 e. The SMILES string of the molecule is COc1ccc(CCc2nn(-c3ccc(C)c(Cl)c3)c3c2CCN3)cc1. The van der Waals surface area contributed by atoms with Crippen molar-refractivity contribution in [3.63, 3.8) is 0 Å². The summed E-state index contributed by atoms with van der Waals surface area (Å²) in [5, 5.41) is 9.14. The smallest absolute Gasteiger partial charge is 0.133 e. The van der Waals surface area contributed by atoms with Crippen LogP contribution in [-0.2, 0) is 19.3 Å².